The number of rotatable bonds is 2. The van der Waals surface area contributed by atoms with Crippen LogP contribution in [-0.4, -0.2) is 28.0 Å². The molecule has 21 heavy (non-hydrogen) atoms. The van der Waals surface area contributed by atoms with Gasteiger partial charge in [-0.25, -0.2) is 0 Å². The first-order valence-electron chi connectivity index (χ1n) is 5.84. The van der Waals surface area contributed by atoms with Crippen molar-refractivity contribution in [2.75, 3.05) is 11.5 Å². The van der Waals surface area contributed by atoms with E-state index >= 15 is 0 Å². The number of nitrogens with two attached hydrogens (primary N) is 2. The van der Waals surface area contributed by atoms with Crippen LogP contribution in [0.4, 0.5) is 11.4 Å². The molecule has 0 fully saturated rings. The van der Waals surface area contributed by atoms with E-state index < -0.39 is 10.1 Å². The highest BCUT2D eigenvalue weighted by molar-refractivity contribution is 7.86. The minimum atomic E-state index is -4.40. The Morgan fingerprint density at radius 3 is 2.14 bits per heavy atom. The van der Waals surface area contributed by atoms with E-state index in [0.717, 1.165) is 0 Å². The quantitative estimate of drug-likeness (QED) is 0.471. The first-order chi connectivity index (χ1) is 9.84. The highest BCUT2D eigenvalue weighted by Gasteiger charge is 2.17. The van der Waals surface area contributed by atoms with Gasteiger partial charge in [0.1, 0.15) is 15.9 Å². The van der Waals surface area contributed by atoms with Crippen LogP contribution < -0.4 is 11.5 Å². The summed E-state index contributed by atoms with van der Waals surface area (Å²) < 4.78 is 31.5. The lowest BCUT2D eigenvalue weighted by Crippen LogP contribution is -2.02. The van der Waals surface area contributed by atoms with Crippen molar-refractivity contribution in [2.45, 2.75) is 4.90 Å². The maximum Gasteiger partial charge on any atom is 0.296 e. The molecule has 0 unspecified atom stereocenters. The fourth-order valence-corrected chi connectivity index (χ4v) is 2.52. The molecular weight excluding hydrogens is 294 g/mol. The highest BCUT2D eigenvalue weighted by Crippen LogP contribution is 2.24. The number of anilines is 2. The Morgan fingerprint density at radius 1 is 1.00 bits per heavy atom. The maximum atomic E-state index is 11.2. The summed E-state index contributed by atoms with van der Waals surface area (Å²) in [6.45, 7) is 0. The summed E-state index contributed by atoms with van der Waals surface area (Å²) in [7, 11) is -4.40. The van der Waals surface area contributed by atoms with E-state index in [9.17, 15) is 8.42 Å². The smallest absolute Gasteiger partial charge is 0.296 e. The summed E-state index contributed by atoms with van der Waals surface area (Å²) in [6, 6.07) is 9.37. The molecular formula is C12H11N5O3S. The minimum absolute atomic E-state index is 0.0886. The Balaban J connectivity index is 2.19. The Bertz CT molecular complexity index is 931. The zero-order valence-electron chi connectivity index (χ0n) is 10.6. The molecule has 2 aromatic carbocycles. The van der Waals surface area contributed by atoms with Gasteiger partial charge >= 0.3 is 0 Å². The second-order valence-corrected chi connectivity index (χ2v) is 5.82. The molecule has 1 aromatic heterocycles. The van der Waals surface area contributed by atoms with Crippen molar-refractivity contribution in [1.82, 2.24) is 15.0 Å². The SMILES string of the molecule is Nc1ccc(-n2nc3cc(N)c(S(=O)(=O)O)cc3n2)cc1. The molecule has 0 aliphatic carbocycles. The predicted molar refractivity (Wildman–Crippen MR) is 77.5 cm³/mol. The molecule has 0 saturated carbocycles. The van der Waals surface area contributed by atoms with E-state index in [-0.39, 0.29) is 10.6 Å². The Labute approximate surface area is 119 Å². The normalized spacial score (nSPS) is 11.9. The number of benzene rings is 2. The molecule has 3 rings (SSSR count). The molecule has 0 aliphatic rings. The first kappa shape index (κ1) is 13.3. The van der Waals surface area contributed by atoms with Crippen molar-refractivity contribution < 1.29 is 13.0 Å². The predicted octanol–water partition coefficient (Wildman–Crippen LogP) is 0.832. The van der Waals surface area contributed by atoms with Crippen molar-refractivity contribution in [3.8, 4) is 5.69 Å². The molecule has 0 saturated heterocycles. The lowest BCUT2D eigenvalue weighted by atomic mass is 10.3. The first-order valence-corrected chi connectivity index (χ1v) is 7.28. The van der Waals surface area contributed by atoms with Gasteiger partial charge in [-0.1, -0.05) is 0 Å². The average Bonchev–Trinajstić information content (AvgIpc) is 2.80. The molecule has 3 aromatic rings. The number of hydrogen-bond donors (Lipinski definition) is 3. The van der Waals surface area contributed by atoms with Crippen LogP contribution in [0.15, 0.2) is 41.3 Å². The Morgan fingerprint density at radius 2 is 1.57 bits per heavy atom. The molecule has 0 amide bonds. The topological polar surface area (TPSA) is 137 Å². The van der Waals surface area contributed by atoms with Gasteiger partial charge in [0, 0.05) is 5.69 Å². The largest absolute Gasteiger partial charge is 0.399 e. The van der Waals surface area contributed by atoms with E-state index in [2.05, 4.69) is 10.2 Å². The minimum Gasteiger partial charge on any atom is -0.399 e. The number of hydrogen-bond acceptors (Lipinski definition) is 6. The highest BCUT2D eigenvalue weighted by atomic mass is 32.2. The van der Waals surface area contributed by atoms with Crippen molar-refractivity contribution in [1.29, 1.82) is 0 Å². The van der Waals surface area contributed by atoms with Gasteiger partial charge in [-0.2, -0.15) is 13.2 Å². The van der Waals surface area contributed by atoms with Gasteiger partial charge < -0.3 is 11.5 Å². The number of aromatic nitrogens is 3. The van der Waals surface area contributed by atoms with Crippen LogP contribution in [0.5, 0.6) is 0 Å². The van der Waals surface area contributed by atoms with E-state index in [4.69, 9.17) is 16.0 Å². The third kappa shape index (κ3) is 2.39. The third-order valence-electron chi connectivity index (χ3n) is 2.91. The van der Waals surface area contributed by atoms with Crippen molar-refractivity contribution >= 4 is 32.5 Å². The van der Waals surface area contributed by atoms with Crippen LogP contribution in [0, 0.1) is 0 Å². The lowest BCUT2D eigenvalue weighted by Gasteiger charge is -2.00. The molecule has 0 atom stereocenters. The van der Waals surface area contributed by atoms with Crippen LogP contribution in [-0.2, 0) is 10.1 Å². The number of nitrogen functional groups attached to an aromatic ring is 2. The molecule has 0 bridgehead atoms. The zero-order chi connectivity index (χ0) is 15.2. The Hall–Kier alpha value is -2.65. The van der Waals surface area contributed by atoms with Gasteiger partial charge in [-0.05, 0) is 36.4 Å². The van der Waals surface area contributed by atoms with Gasteiger partial charge in [0.05, 0.1) is 11.4 Å². The monoisotopic (exact) mass is 305 g/mol. The fraction of sp³-hybridized carbons (Fsp3) is 0. The molecule has 0 aliphatic heterocycles. The lowest BCUT2D eigenvalue weighted by molar-refractivity contribution is 0.484. The zero-order valence-corrected chi connectivity index (χ0v) is 11.4. The van der Waals surface area contributed by atoms with Crippen molar-refractivity contribution in [3.63, 3.8) is 0 Å². The maximum absolute atomic E-state index is 11.2. The average molecular weight is 305 g/mol. The van der Waals surface area contributed by atoms with Gasteiger partial charge in [0.25, 0.3) is 10.1 Å². The van der Waals surface area contributed by atoms with Gasteiger partial charge in [-0.3, -0.25) is 4.55 Å². The summed E-state index contributed by atoms with van der Waals surface area (Å²) >= 11 is 0. The molecule has 5 N–H and O–H groups in total. The molecule has 0 spiro atoms. The standard InChI is InChI=1S/C12H11N5O3S/c13-7-1-3-8(4-2-7)17-15-10-5-9(14)12(21(18,19)20)6-11(10)16-17/h1-6H,13-14H2,(H,18,19,20). The van der Waals surface area contributed by atoms with Crippen LogP contribution in [0.25, 0.3) is 16.7 Å². The van der Waals surface area contributed by atoms with Crippen molar-refractivity contribution in [2.24, 2.45) is 0 Å². The Kier molecular flexibility index (Phi) is 2.81. The summed E-state index contributed by atoms with van der Waals surface area (Å²) in [5.74, 6) is 0. The molecule has 0 radical (unpaired) electrons. The number of nitrogens with zero attached hydrogens (tertiary/aromatic N) is 3. The van der Waals surface area contributed by atoms with E-state index in [1.807, 2.05) is 0 Å². The summed E-state index contributed by atoms with van der Waals surface area (Å²) in [5.41, 5.74) is 13.1. The van der Waals surface area contributed by atoms with E-state index in [1.54, 1.807) is 24.3 Å². The fourth-order valence-electron chi connectivity index (χ4n) is 1.91. The van der Waals surface area contributed by atoms with Crippen LogP contribution in [0.3, 0.4) is 0 Å². The van der Waals surface area contributed by atoms with Crippen LogP contribution in [0.2, 0.25) is 0 Å². The molecule has 108 valence electrons. The summed E-state index contributed by atoms with van der Waals surface area (Å²) in [4.78, 5) is 0.941. The van der Waals surface area contributed by atoms with Gasteiger partial charge in [-0.15, -0.1) is 10.2 Å². The van der Waals surface area contributed by atoms with E-state index in [0.29, 0.717) is 22.4 Å². The van der Waals surface area contributed by atoms with Crippen LogP contribution >= 0.6 is 0 Å². The third-order valence-corrected chi connectivity index (χ3v) is 3.82. The van der Waals surface area contributed by atoms with Crippen molar-refractivity contribution in [3.05, 3.63) is 36.4 Å². The second kappa shape index (κ2) is 4.43. The molecule has 8 nitrogen and oxygen atoms in total. The van der Waals surface area contributed by atoms with Crippen LogP contribution in [0.1, 0.15) is 0 Å². The van der Waals surface area contributed by atoms with Gasteiger partial charge in [0.15, 0.2) is 0 Å². The molecule has 9 heteroatoms. The van der Waals surface area contributed by atoms with Gasteiger partial charge in [0.2, 0.25) is 0 Å². The summed E-state index contributed by atoms with van der Waals surface area (Å²) in [5, 5.41) is 8.37. The summed E-state index contributed by atoms with van der Waals surface area (Å²) in [6.07, 6.45) is 0. The second-order valence-electron chi connectivity index (χ2n) is 4.43. The van der Waals surface area contributed by atoms with E-state index in [1.165, 1.54) is 16.9 Å². The molecule has 1 heterocycles. The number of fused-ring (bicyclic) bond motifs is 1.